The van der Waals surface area contributed by atoms with E-state index in [1.165, 1.54) is 31.5 Å². The Balaban J connectivity index is 2.19. The average molecular weight is 286 g/mol. The smallest absolute Gasteiger partial charge is 0.0246 e. The molecule has 0 aliphatic carbocycles. The van der Waals surface area contributed by atoms with Gasteiger partial charge in [0, 0.05) is 41.4 Å². The number of piperidine rings is 1. The highest BCUT2D eigenvalue weighted by Gasteiger charge is 2.19. The van der Waals surface area contributed by atoms with E-state index < -0.39 is 10.8 Å². The standard InChI is InChI=1S/C15H30N2OS/c1-13(2)5-9-17-10-6-15(7-11-17)16-14(3)8-12-19(4)18/h5,14-16H,6-12H2,1-4H3. The molecule has 4 heteroatoms. The lowest BCUT2D eigenvalue weighted by Crippen LogP contribution is -2.45. The molecular weight excluding hydrogens is 256 g/mol. The normalized spacial score (nSPS) is 21.1. The van der Waals surface area contributed by atoms with Gasteiger partial charge in [-0.25, -0.2) is 0 Å². The topological polar surface area (TPSA) is 32.3 Å². The highest BCUT2D eigenvalue weighted by atomic mass is 32.2. The maximum Gasteiger partial charge on any atom is 0.0246 e. The predicted molar refractivity (Wildman–Crippen MR) is 85.0 cm³/mol. The maximum atomic E-state index is 11.1. The number of rotatable bonds is 7. The SMILES string of the molecule is CC(C)=CCN1CCC(NC(C)CCS(C)=O)CC1. The van der Waals surface area contributed by atoms with Crippen molar-refractivity contribution >= 4 is 10.8 Å². The third-order valence-electron chi connectivity index (χ3n) is 3.70. The number of nitrogens with one attached hydrogen (secondary N) is 1. The van der Waals surface area contributed by atoms with E-state index in [4.69, 9.17) is 0 Å². The molecule has 2 unspecified atom stereocenters. The molecule has 0 aromatic heterocycles. The molecule has 0 aromatic carbocycles. The summed E-state index contributed by atoms with van der Waals surface area (Å²) in [6, 6.07) is 1.13. The Labute approximate surface area is 121 Å². The largest absolute Gasteiger partial charge is 0.311 e. The molecule has 19 heavy (non-hydrogen) atoms. The van der Waals surface area contributed by atoms with Crippen molar-refractivity contribution in [1.29, 1.82) is 0 Å². The van der Waals surface area contributed by atoms with E-state index in [1.54, 1.807) is 6.26 Å². The number of likely N-dealkylation sites (tertiary alicyclic amines) is 1. The molecule has 1 fully saturated rings. The van der Waals surface area contributed by atoms with Crippen LogP contribution >= 0.6 is 0 Å². The summed E-state index contributed by atoms with van der Waals surface area (Å²) in [5, 5.41) is 3.68. The van der Waals surface area contributed by atoms with E-state index >= 15 is 0 Å². The van der Waals surface area contributed by atoms with Crippen molar-refractivity contribution in [1.82, 2.24) is 10.2 Å². The van der Waals surface area contributed by atoms with E-state index in [-0.39, 0.29) is 0 Å². The van der Waals surface area contributed by atoms with Crippen LogP contribution in [0.15, 0.2) is 11.6 Å². The molecule has 1 saturated heterocycles. The zero-order valence-corrected chi connectivity index (χ0v) is 13.8. The summed E-state index contributed by atoms with van der Waals surface area (Å²) in [4.78, 5) is 2.52. The Morgan fingerprint density at radius 2 is 2.05 bits per heavy atom. The van der Waals surface area contributed by atoms with Gasteiger partial charge in [0.15, 0.2) is 0 Å². The quantitative estimate of drug-likeness (QED) is 0.728. The Hall–Kier alpha value is -0.190. The van der Waals surface area contributed by atoms with Crippen molar-refractivity contribution in [2.45, 2.75) is 52.1 Å². The van der Waals surface area contributed by atoms with Crippen LogP contribution in [0.3, 0.4) is 0 Å². The predicted octanol–water partition coefficient (Wildman–Crippen LogP) is 2.16. The first-order valence-electron chi connectivity index (χ1n) is 7.39. The molecule has 2 atom stereocenters. The van der Waals surface area contributed by atoms with Gasteiger partial charge in [-0.1, -0.05) is 11.6 Å². The molecule has 1 N–H and O–H groups in total. The minimum atomic E-state index is -0.660. The fraction of sp³-hybridized carbons (Fsp3) is 0.867. The van der Waals surface area contributed by atoms with Crippen molar-refractivity contribution in [2.24, 2.45) is 0 Å². The van der Waals surface area contributed by atoms with Crippen molar-refractivity contribution in [3.63, 3.8) is 0 Å². The van der Waals surface area contributed by atoms with Gasteiger partial charge in [0.25, 0.3) is 0 Å². The molecule has 0 amide bonds. The van der Waals surface area contributed by atoms with Gasteiger partial charge in [0.2, 0.25) is 0 Å². The molecule has 1 aliphatic rings. The maximum absolute atomic E-state index is 11.1. The van der Waals surface area contributed by atoms with Gasteiger partial charge < -0.3 is 5.32 Å². The minimum Gasteiger partial charge on any atom is -0.311 e. The molecule has 1 aliphatic heterocycles. The first kappa shape index (κ1) is 16.9. The number of hydrogen-bond donors (Lipinski definition) is 1. The lowest BCUT2D eigenvalue weighted by Gasteiger charge is -2.33. The Bertz CT molecular complexity index is 305. The van der Waals surface area contributed by atoms with Gasteiger partial charge in [0.1, 0.15) is 0 Å². The van der Waals surface area contributed by atoms with E-state index in [0.717, 1.165) is 18.7 Å². The Morgan fingerprint density at radius 1 is 1.42 bits per heavy atom. The monoisotopic (exact) mass is 286 g/mol. The molecule has 1 rings (SSSR count). The third kappa shape index (κ3) is 7.85. The summed E-state index contributed by atoms with van der Waals surface area (Å²) < 4.78 is 11.1. The first-order chi connectivity index (χ1) is 8.97. The number of nitrogens with zero attached hydrogens (tertiary/aromatic N) is 1. The van der Waals surface area contributed by atoms with Crippen molar-refractivity contribution in [2.75, 3.05) is 31.6 Å². The molecule has 112 valence electrons. The lowest BCUT2D eigenvalue weighted by molar-refractivity contribution is 0.207. The second-order valence-corrected chi connectivity index (χ2v) is 7.54. The van der Waals surface area contributed by atoms with Crippen LogP contribution in [0, 0.1) is 0 Å². The highest BCUT2D eigenvalue weighted by molar-refractivity contribution is 7.84. The molecular formula is C15H30N2OS. The molecule has 0 spiro atoms. The Kier molecular flexibility index (Phi) is 7.88. The van der Waals surface area contributed by atoms with Gasteiger partial charge >= 0.3 is 0 Å². The second-order valence-electron chi connectivity index (χ2n) is 5.99. The summed E-state index contributed by atoms with van der Waals surface area (Å²) in [5.41, 5.74) is 1.40. The molecule has 0 saturated carbocycles. The molecule has 0 radical (unpaired) electrons. The first-order valence-corrected chi connectivity index (χ1v) is 9.12. The van der Waals surface area contributed by atoms with Crippen molar-refractivity contribution < 1.29 is 4.21 Å². The average Bonchev–Trinajstić information content (AvgIpc) is 2.35. The summed E-state index contributed by atoms with van der Waals surface area (Å²) in [6.45, 7) is 10.0. The third-order valence-corrected chi connectivity index (χ3v) is 4.51. The van der Waals surface area contributed by atoms with Gasteiger partial charge in [-0.2, -0.15) is 0 Å². The van der Waals surface area contributed by atoms with E-state index in [0.29, 0.717) is 12.1 Å². The summed E-state index contributed by atoms with van der Waals surface area (Å²) in [7, 11) is -0.660. The van der Waals surface area contributed by atoms with E-state index in [9.17, 15) is 4.21 Å². The zero-order valence-electron chi connectivity index (χ0n) is 12.9. The summed E-state index contributed by atoms with van der Waals surface area (Å²) in [5.74, 6) is 0.813. The molecule has 0 aromatic rings. The highest BCUT2D eigenvalue weighted by Crippen LogP contribution is 2.12. The van der Waals surface area contributed by atoms with Crippen LogP contribution in [0.1, 0.15) is 40.0 Å². The fourth-order valence-corrected chi connectivity index (χ4v) is 3.11. The van der Waals surface area contributed by atoms with Gasteiger partial charge in [-0.15, -0.1) is 0 Å². The second kappa shape index (κ2) is 8.88. The fourth-order valence-electron chi connectivity index (χ4n) is 2.42. The van der Waals surface area contributed by atoms with Gasteiger partial charge in [0.05, 0.1) is 0 Å². The summed E-state index contributed by atoms with van der Waals surface area (Å²) in [6.07, 6.45) is 7.58. The molecule has 3 nitrogen and oxygen atoms in total. The van der Waals surface area contributed by atoms with Crippen molar-refractivity contribution in [3.05, 3.63) is 11.6 Å². The van der Waals surface area contributed by atoms with Gasteiger partial charge in [-0.3, -0.25) is 9.11 Å². The van der Waals surface area contributed by atoms with Crippen LogP contribution < -0.4 is 5.32 Å². The van der Waals surface area contributed by atoms with E-state index in [1.807, 2.05) is 0 Å². The zero-order chi connectivity index (χ0) is 14.3. The summed E-state index contributed by atoms with van der Waals surface area (Å²) >= 11 is 0. The van der Waals surface area contributed by atoms with Crippen LogP contribution in [0.2, 0.25) is 0 Å². The van der Waals surface area contributed by atoms with E-state index in [2.05, 4.69) is 37.1 Å². The van der Waals surface area contributed by atoms with Crippen molar-refractivity contribution in [3.8, 4) is 0 Å². The van der Waals surface area contributed by atoms with Crippen LogP contribution in [-0.4, -0.2) is 52.8 Å². The molecule has 1 heterocycles. The van der Waals surface area contributed by atoms with Crippen LogP contribution in [-0.2, 0) is 10.8 Å². The number of allylic oxidation sites excluding steroid dienone is 1. The lowest BCUT2D eigenvalue weighted by atomic mass is 10.0. The van der Waals surface area contributed by atoms with Crippen LogP contribution in [0.5, 0.6) is 0 Å². The molecule has 0 bridgehead atoms. The van der Waals surface area contributed by atoms with Crippen LogP contribution in [0.4, 0.5) is 0 Å². The minimum absolute atomic E-state index is 0.484. The van der Waals surface area contributed by atoms with Gasteiger partial charge in [-0.05, 0) is 53.1 Å². The van der Waals surface area contributed by atoms with Crippen LogP contribution in [0.25, 0.3) is 0 Å². The number of hydrogen-bond acceptors (Lipinski definition) is 3. The Morgan fingerprint density at radius 3 is 2.58 bits per heavy atom.